The van der Waals surface area contributed by atoms with Gasteiger partial charge in [-0.15, -0.1) is 0 Å². The summed E-state index contributed by atoms with van der Waals surface area (Å²) in [5, 5.41) is 4.74. The highest BCUT2D eigenvalue weighted by atomic mass is 35.5. The minimum absolute atomic E-state index is 0.0741. The lowest BCUT2D eigenvalue weighted by Crippen LogP contribution is -2.24. The standard InChI is InChI=1S/C20H18ClN3O2/c1-13-6-8-14(9-7-13)19-22-20(26-23-19)16-10-18(25)24(12-16)11-15-4-2-3-5-17(15)21/h2-9,16H,10-12H2,1H3. The minimum Gasteiger partial charge on any atom is -0.339 e. The average molecular weight is 368 g/mol. The van der Waals surface area contributed by atoms with Gasteiger partial charge in [-0.05, 0) is 18.6 Å². The molecule has 132 valence electrons. The van der Waals surface area contributed by atoms with Gasteiger partial charge in [0.15, 0.2) is 0 Å². The van der Waals surface area contributed by atoms with Crippen LogP contribution in [0.15, 0.2) is 53.1 Å². The van der Waals surface area contributed by atoms with Crippen LogP contribution in [0.1, 0.15) is 29.4 Å². The molecule has 1 saturated heterocycles. The zero-order valence-electron chi connectivity index (χ0n) is 14.4. The van der Waals surface area contributed by atoms with Crippen LogP contribution >= 0.6 is 11.6 Å². The van der Waals surface area contributed by atoms with Crippen LogP contribution in [0.25, 0.3) is 11.4 Å². The summed E-state index contributed by atoms with van der Waals surface area (Å²) < 4.78 is 5.44. The van der Waals surface area contributed by atoms with Crippen LogP contribution < -0.4 is 0 Å². The summed E-state index contributed by atoms with van der Waals surface area (Å²) in [6.07, 6.45) is 0.375. The smallest absolute Gasteiger partial charge is 0.232 e. The Labute approximate surface area is 156 Å². The molecule has 0 spiro atoms. The molecule has 2 heterocycles. The maximum atomic E-state index is 12.4. The Morgan fingerprint density at radius 3 is 2.73 bits per heavy atom. The first-order valence-corrected chi connectivity index (χ1v) is 8.90. The van der Waals surface area contributed by atoms with E-state index in [1.54, 1.807) is 4.90 Å². The number of likely N-dealkylation sites (tertiary alicyclic amines) is 1. The summed E-state index contributed by atoms with van der Waals surface area (Å²) in [5.41, 5.74) is 3.02. The minimum atomic E-state index is -0.0864. The van der Waals surface area contributed by atoms with E-state index in [0.717, 1.165) is 11.1 Å². The van der Waals surface area contributed by atoms with Crippen molar-refractivity contribution >= 4 is 17.5 Å². The lowest BCUT2D eigenvalue weighted by Gasteiger charge is -2.16. The molecule has 2 aromatic carbocycles. The molecule has 0 saturated carbocycles. The fraction of sp³-hybridized carbons (Fsp3) is 0.250. The van der Waals surface area contributed by atoms with Crippen molar-refractivity contribution in [2.24, 2.45) is 0 Å². The number of amides is 1. The molecule has 5 nitrogen and oxygen atoms in total. The first-order chi connectivity index (χ1) is 12.6. The Hall–Kier alpha value is -2.66. The zero-order valence-corrected chi connectivity index (χ0v) is 15.1. The number of rotatable bonds is 4. The van der Waals surface area contributed by atoms with E-state index >= 15 is 0 Å². The van der Waals surface area contributed by atoms with Crippen LogP contribution in [-0.2, 0) is 11.3 Å². The van der Waals surface area contributed by atoms with Crippen molar-refractivity contribution in [3.8, 4) is 11.4 Å². The van der Waals surface area contributed by atoms with Crippen molar-refractivity contribution in [2.45, 2.75) is 25.8 Å². The first-order valence-electron chi connectivity index (χ1n) is 8.52. The molecule has 1 fully saturated rings. The lowest BCUT2D eigenvalue weighted by atomic mass is 10.1. The Kier molecular flexibility index (Phi) is 4.47. The maximum absolute atomic E-state index is 12.4. The van der Waals surface area contributed by atoms with Crippen molar-refractivity contribution in [1.29, 1.82) is 0 Å². The molecule has 26 heavy (non-hydrogen) atoms. The van der Waals surface area contributed by atoms with Gasteiger partial charge in [0.05, 0.1) is 5.92 Å². The third kappa shape index (κ3) is 3.35. The van der Waals surface area contributed by atoms with Crippen LogP contribution in [-0.4, -0.2) is 27.5 Å². The summed E-state index contributed by atoms with van der Waals surface area (Å²) >= 11 is 6.21. The Bertz CT molecular complexity index is 936. The number of aromatic nitrogens is 2. The van der Waals surface area contributed by atoms with Gasteiger partial charge in [0, 0.05) is 30.1 Å². The number of benzene rings is 2. The Morgan fingerprint density at radius 2 is 1.96 bits per heavy atom. The van der Waals surface area contributed by atoms with Crippen molar-refractivity contribution in [1.82, 2.24) is 15.0 Å². The van der Waals surface area contributed by atoms with Gasteiger partial charge >= 0.3 is 0 Å². The largest absolute Gasteiger partial charge is 0.339 e. The number of carbonyl (C=O) groups excluding carboxylic acids is 1. The van der Waals surface area contributed by atoms with E-state index in [0.29, 0.717) is 36.2 Å². The number of aryl methyl sites for hydroxylation is 1. The fourth-order valence-corrected chi connectivity index (χ4v) is 3.34. The first kappa shape index (κ1) is 16.8. The molecule has 3 aromatic rings. The van der Waals surface area contributed by atoms with Gasteiger partial charge in [0.25, 0.3) is 0 Å². The molecule has 1 aliphatic heterocycles. The van der Waals surface area contributed by atoms with E-state index in [9.17, 15) is 4.79 Å². The number of hydrogen-bond donors (Lipinski definition) is 0. The molecule has 1 aliphatic rings. The molecule has 4 rings (SSSR count). The molecular weight excluding hydrogens is 350 g/mol. The summed E-state index contributed by atoms with van der Waals surface area (Å²) in [6, 6.07) is 15.5. The van der Waals surface area contributed by atoms with Crippen LogP contribution in [0.2, 0.25) is 5.02 Å². The van der Waals surface area contributed by atoms with Gasteiger partial charge in [0.1, 0.15) is 0 Å². The maximum Gasteiger partial charge on any atom is 0.232 e. The number of carbonyl (C=O) groups is 1. The number of nitrogens with zero attached hydrogens (tertiary/aromatic N) is 3. The summed E-state index contributed by atoms with van der Waals surface area (Å²) in [4.78, 5) is 18.7. The van der Waals surface area contributed by atoms with Gasteiger partial charge in [-0.2, -0.15) is 4.98 Å². The molecule has 0 radical (unpaired) electrons. The van der Waals surface area contributed by atoms with Crippen LogP contribution in [0.4, 0.5) is 0 Å². The van der Waals surface area contributed by atoms with Crippen molar-refractivity contribution in [3.05, 3.63) is 70.6 Å². The summed E-state index contributed by atoms with van der Waals surface area (Å²) in [7, 11) is 0. The van der Waals surface area contributed by atoms with Gasteiger partial charge < -0.3 is 9.42 Å². The van der Waals surface area contributed by atoms with Crippen LogP contribution in [0, 0.1) is 6.92 Å². The normalized spacial score (nSPS) is 17.1. The Morgan fingerprint density at radius 1 is 1.19 bits per heavy atom. The average Bonchev–Trinajstić information content (AvgIpc) is 3.25. The van der Waals surface area contributed by atoms with Gasteiger partial charge in [-0.3, -0.25) is 4.79 Å². The lowest BCUT2D eigenvalue weighted by molar-refractivity contribution is -0.128. The van der Waals surface area contributed by atoms with Gasteiger partial charge in [-0.1, -0.05) is 64.8 Å². The molecule has 1 amide bonds. The van der Waals surface area contributed by atoms with Crippen molar-refractivity contribution in [2.75, 3.05) is 6.54 Å². The highest BCUT2D eigenvalue weighted by Crippen LogP contribution is 2.30. The van der Waals surface area contributed by atoms with E-state index in [4.69, 9.17) is 16.1 Å². The highest BCUT2D eigenvalue weighted by Gasteiger charge is 2.34. The predicted octanol–water partition coefficient (Wildman–Crippen LogP) is 4.21. The monoisotopic (exact) mass is 367 g/mol. The second-order valence-electron chi connectivity index (χ2n) is 6.59. The molecule has 0 N–H and O–H groups in total. The summed E-state index contributed by atoms with van der Waals surface area (Å²) in [6.45, 7) is 3.08. The molecule has 0 bridgehead atoms. The highest BCUT2D eigenvalue weighted by molar-refractivity contribution is 6.31. The SMILES string of the molecule is Cc1ccc(-c2noc(C3CC(=O)N(Cc4ccccc4Cl)C3)n2)cc1. The van der Waals surface area contributed by atoms with E-state index in [1.165, 1.54) is 5.56 Å². The number of halogens is 1. The summed E-state index contributed by atoms with van der Waals surface area (Å²) in [5.74, 6) is 1.05. The third-order valence-corrected chi connectivity index (χ3v) is 5.00. The van der Waals surface area contributed by atoms with Gasteiger partial charge in [-0.25, -0.2) is 0 Å². The fourth-order valence-electron chi connectivity index (χ4n) is 3.14. The van der Waals surface area contributed by atoms with E-state index in [2.05, 4.69) is 10.1 Å². The molecule has 0 aliphatic carbocycles. The second kappa shape index (κ2) is 6.92. The molecule has 1 unspecified atom stereocenters. The molecule has 1 atom stereocenters. The third-order valence-electron chi connectivity index (χ3n) is 4.63. The molecular formula is C20H18ClN3O2. The zero-order chi connectivity index (χ0) is 18.1. The van der Waals surface area contributed by atoms with Crippen molar-refractivity contribution < 1.29 is 9.32 Å². The molecule has 6 heteroatoms. The van der Waals surface area contributed by atoms with E-state index in [1.807, 2.05) is 55.5 Å². The van der Waals surface area contributed by atoms with Gasteiger partial charge in [0.2, 0.25) is 17.6 Å². The quantitative estimate of drug-likeness (QED) is 0.693. The topological polar surface area (TPSA) is 59.2 Å². The Balaban J connectivity index is 1.49. The van der Waals surface area contributed by atoms with Crippen molar-refractivity contribution in [3.63, 3.8) is 0 Å². The molecule has 1 aromatic heterocycles. The van der Waals surface area contributed by atoms with Crippen LogP contribution in [0.3, 0.4) is 0 Å². The van der Waals surface area contributed by atoms with E-state index in [-0.39, 0.29) is 11.8 Å². The number of hydrogen-bond acceptors (Lipinski definition) is 4. The van der Waals surface area contributed by atoms with Crippen LogP contribution in [0.5, 0.6) is 0 Å². The predicted molar refractivity (Wildman–Crippen MR) is 98.7 cm³/mol. The van der Waals surface area contributed by atoms with E-state index < -0.39 is 0 Å². The second-order valence-corrected chi connectivity index (χ2v) is 7.00.